The minimum atomic E-state index is 0.690. The third-order valence-electron chi connectivity index (χ3n) is 2.01. The predicted molar refractivity (Wildman–Crippen MR) is 47.8 cm³/mol. The van der Waals surface area contributed by atoms with E-state index in [1.54, 1.807) is 0 Å². The quantitative estimate of drug-likeness (QED) is 0.616. The molecule has 1 aromatic rings. The maximum Gasteiger partial charge on any atom is 0.142 e. The van der Waals surface area contributed by atoms with Crippen molar-refractivity contribution in [3.8, 4) is 5.75 Å². The Labute approximate surface area is 76.5 Å². The number of hydrogen-bond acceptors (Lipinski definition) is 2. The highest BCUT2D eigenvalue weighted by atomic mass is 35.5. The standard InChI is InChI=1S/C9H10ClNO/c1-6-7(10)5-9-8(11-6)3-2-4-12-9/h5H,2-4H2,1H3. The molecule has 3 heteroatoms. The average molecular weight is 184 g/mol. The van der Waals surface area contributed by atoms with E-state index in [0.29, 0.717) is 5.02 Å². The van der Waals surface area contributed by atoms with E-state index in [-0.39, 0.29) is 0 Å². The number of hydrogen-bond donors (Lipinski definition) is 0. The van der Waals surface area contributed by atoms with Gasteiger partial charge < -0.3 is 4.74 Å². The molecular weight excluding hydrogens is 174 g/mol. The Kier molecular flexibility index (Phi) is 1.93. The molecular formula is C9H10ClNO. The van der Waals surface area contributed by atoms with E-state index in [0.717, 1.165) is 36.6 Å². The second-order valence-electron chi connectivity index (χ2n) is 2.95. The van der Waals surface area contributed by atoms with Crippen molar-refractivity contribution in [1.29, 1.82) is 0 Å². The first-order chi connectivity index (χ1) is 5.77. The van der Waals surface area contributed by atoms with Gasteiger partial charge in [0.15, 0.2) is 0 Å². The maximum absolute atomic E-state index is 5.90. The van der Waals surface area contributed by atoms with Crippen molar-refractivity contribution < 1.29 is 4.74 Å². The molecule has 1 aliphatic rings. The Morgan fingerprint density at radius 1 is 1.58 bits per heavy atom. The minimum absolute atomic E-state index is 0.690. The van der Waals surface area contributed by atoms with Gasteiger partial charge in [-0.1, -0.05) is 11.6 Å². The van der Waals surface area contributed by atoms with Gasteiger partial charge in [0.05, 0.1) is 23.0 Å². The molecule has 0 atom stereocenters. The number of aromatic nitrogens is 1. The van der Waals surface area contributed by atoms with Gasteiger partial charge in [-0.05, 0) is 19.8 Å². The fourth-order valence-corrected chi connectivity index (χ4v) is 1.48. The molecule has 0 fully saturated rings. The highest BCUT2D eigenvalue weighted by molar-refractivity contribution is 6.31. The van der Waals surface area contributed by atoms with E-state index in [1.807, 2.05) is 13.0 Å². The van der Waals surface area contributed by atoms with E-state index < -0.39 is 0 Å². The summed E-state index contributed by atoms with van der Waals surface area (Å²) in [7, 11) is 0. The zero-order valence-corrected chi connectivity index (χ0v) is 7.69. The lowest BCUT2D eigenvalue weighted by molar-refractivity contribution is 0.284. The molecule has 0 spiro atoms. The Balaban J connectivity index is 2.49. The van der Waals surface area contributed by atoms with Gasteiger partial charge >= 0.3 is 0 Å². The monoisotopic (exact) mass is 183 g/mol. The smallest absolute Gasteiger partial charge is 0.142 e. The summed E-state index contributed by atoms with van der Waals surface area (Å²) in [6.07, 6.45) is 2.06. The number of rotatable bonds is 0. The van der Waals surface area contributed by atoms with Crippen molar-refractivity contribution in [2.24, 2.45) is 0 Å². The van der Waals surface area contributed by atoms with Crippen LogP contribution in [0.3, 0.4) is 0 Å². The molecule has 0 aromatic carbocycles. The zero-order valence-electron chi connectivity index (χ0n) is 6.93. The van der Waals surface area contributed by atoms with E-state index in [4.69, 9.17) is 16.3 Å². The van der Waals surface area contributed by atoms with Crippen LogP contribution in [0.25, 0.3) is 0 Å². The molecule has 0 N–H and O–H groups in total. The number of nitrogens with zero attached hydrogens (tertiary/aromatic N) is 1. The van der Waals surface area contributed by atoms with E-state index in [9.17, 15) is 0 Å². The lowest BCUT2D eigenvalue weighted by atomic mass is 10.1. The van der Waals surface area contributed by atoms with Crippen molar-refractivity contribution in [3.63, 3.8) is 0 Å². The van der Waals surface area contributed by atoms with Crippen LogP contribution in [0, 0.1) is 6.92 Å². The van der Waals surface area contributed by atoms with Crippen LogP contribution in [-0.2, 0) is 6.42 Å². The molecule has 0 amide bonds. The molecule has 2 rings (SSSR count). The van der Waals surface area contributed by atoms with Gasteiger partial charge in [-0.2, -0.15) is 0 Å². The van der Waals surface area contributed by atoms with E-state index in [2.05, 4.69) is 4.98 Å². The first kappa shape index (κ1) is 7.87. The summed E-state index contributed by atoms with van der Waals surface area (Å²) in [5, 5.41) is 0.690. The summed E-state index contributed by atoms with van der Waals surface area (Å²) < 4.78 is 5.41. The van der Waals surface area contributed by atoms with Crippen LogP contribution in [0.4, 0.5) is 0 Å². The van der Waals surface area contributed by atoms with Gasteiger partial charge in [0, 0.05) is 6.07 Å². The lowest BCUT2D eigenvalue weighted by Crippen LogP contribution is -2.10. The first-order valence-corrected chi connectivity index (χ1v) is 4.44. The van der Waals surface area contributed by atoms with Crippen molar-refractivity contribution in [3.05, 3.63) is 22.5 Å². The highest BCUT2D eigenvalue weighted by Crippen LogP contribution is 2.27. The summed E-state index contributed by atoms with van der Waals surface area (Å²) in [5.41, 5.74) is 1.93. The summed E-state index contributed by atoms with van der Waals surface area (Å²) in [4.78, 5) is 4.36. The Bertz CT molecular complexity index is 281. The third kappa shape index (κ3) is 1.27. The SMILES string of the molecule is Cc1nc2c(cc1Cl)OCCC2. The van der Waals surface area contributed by atoms with Crippen LogP contribution < -0.4 is 4.74 Å². The lowest BCUT2D eigenvalue weighted by Gasteiger charge is -2.16. The van der Waals surface area contributed by atoms with Gasteiger partial charge in [0.25, 0.3) is 0 Å². The van der Waals surface area contributed by atoms with Gasteiger partial charge in [-0.25, -0.2) is 0 Å². The molecule has 1 aliphatic heterocycles. The van der Waals surface area contributed by atoms with Gasteiger partial charge in [0.1, 0.15) is 5.75 Å². The molecule has 0 radical (unpaired) electrons. The van der Waals surface area contributed by atoms with Gasteiger partial charge in [0.2, 0.25) is 0 Å². The summed E-state index contributed by atoms with van der Waals surface area (Å²) in [6.45, 7) is 2.70. The molecule has 0 saturated heterocycles. The van der Waals surface area contributed by atoms with Crippen LogP contribution in [0.1, 0.15) is 17.8 Å². The van der Waals surface area contributed by atoms with Crippen molar-refractivity contribution in [2.75, 3.05) is 6.61 Å². The number of fused-ring (bicyclic) bond motifs is 1. The minimum Gasteiger partial charge on any atom is -0.492 e. The number of pyridine rings is 1. The Morgan fingerprint density at radius 2 is 2.42 bits per heavy atom. The van der Waals surface area contributed by atoms with Crippen molar-refractivity contribution in [2.45, 2.75) is 19.8 Å². The molecule has 2 heterocycles. The van der Waals surface area contributed by atoms with Crippen LogP contribution in [0.15, 0.2) is 6.07 Å². The molecule has 0 bridgehead atoms. The van der Waals surface area contributed by atoms with E-state index in [1.165, 1.54) is 0 Å². The van der Waals surface area contributed by atoms with Gasteiger partial charge in [-0.15, -0.1) is 0 Å². The maximum atomic E-state index is 5.90. The average Bonchev–Trinajstić information content (AvgIpc) is 2.07. The normalized spacial score (nSPS) is 15.2. The third-order valence-corrected chi connectivity index (χ3v) is 2.39. The molecule has 0 unspecified atom stereocenters. The molecule has 1 aromatic heterocycles. The Morgan fingerprint density at radius 3 is 3.25 bits per heavy atom. The summed E-state index contributed by atoms with van der Waals surface area (Å²) in [6, 6.07) is 1.86. The zero-order chi connectivity index (χ0) is 8.55. The predicted octanol–water partition coefficient (Wildman–Crippen LogP) is 2.37. The van der Waals surface area contributed by atoms with Crippen molar-refractivity contribution in [1.82, 2.24) is 4.98 Å². The second-order valence-corrected chi connectivity index (χ2v) is 3.36. The van der Waals surface area contributed by atoms with Crippen LogP contribution in [-0.4, -0.2) is 11.6 Å². The fraction of sp³-hybridized carbons (Fsp3) is 0.444. The molecule has 12 heavy (non-hydrogen) atoms. The highest BCUT2D eigenvalue weighted by Gasteiger charge is 2.13. The van der Waals surface area contributed by atoms with Gasteiger partial charge in [-0.3, -0.25) is 4.98 Å². The molecule has 0 aliphatic carbocycles. The van der Waals surface area contributed by atoms with Crippen LogP contribution >= 0.6 is 11.6 Å². The second kappa shape index (κ2) is 2.94. The van der Waals surface area contributed by atoms with E-state index >= 15 is 0 Å². The number of ether oxygens (including phenoxy) is 1. The summed E-state index contributed by atoms with van der Waals surface area (Å²) >= 11 is 5.90. The summed E-state index contributed by atoms with van der Waals surface area (Å²) in [5.74, 6) is 0.858. The molecule has 2 nitrogen and oxygen atoms in total. The van der Waals surface area contributed by atoms with Crippen molar-refractivity contribution >= 4 is 11.6 Å². The molecule has 64 valence electrons. The topological polar surface area (TPSA) is 22.1 Å². The fourth-order valence-electron chi connectivity index (χ4n) is 1.34. The first-order valence-electron chi connectivity index (χ1n) is 4.06. The Hall–Kier alpha value is -0.760. The molecule has 0 saturated carbocycles. The number of aryl methyl sites for hydroxylation is 2. The number of halogens is 1. The van der Waals surface area contributed by atoms with Crippen LogP contribution in [0.2, 0.25) is 5.02 Å². The largest absolute Gasteiger partial charge is 0.492 e. The van der Waals surface area contributed by atoms with Crippen LogP contribution in [0.5, 0.6) is 5.75 Å².